The Morgan fingerprint density at radius 3 is 2.77 bits per heavy atom. The van der Waals surface area contributed by atoms with Gasteiger partial charge in [0.15, 0.2) is 6.61 Å². The highest BCUT2D eigenvalue weighted by Gasteiger charge is 2.16. The second-order valence-electron chi connectivity index (χ2n) is 5.88. The number of fused-ring (bicyclic) bond motifs is 1. The number of para-hydroxylation sites is 1. The topological polar surface area (TPSA) is 68.5 Å². The van der Waals surface area contributed by atoms with Crippen molar-refractivity contribution in [3.05, 3.63) is 64.4 Å². The van der Waals surface area contributed by atoms with E-state index in [-0.39, 0.29) is 5.76 Å². The zero-order valence-electron chi connectivity index (χ0n) is 14.5. The number of amides is 1. The number of carbonyl (C=O) groups excluding carboxylic acids is 2. The second kappa shape index (κ2) is 7.62. The first kappa shape index (κ1) is 18.0. The zero-order valence-corrected chi connectivity index (χ0v) is 15.2. The van der Waals surface area contributed by atoms with E-state index in [1.54, 1.807) is 18.2 Å². The summed E-state index contributed by atoms with van der Waals surface area (Å²) in [7, 11) is 0. The molecular weight excluding hydrogens is 354 g/mol. The number of halogens is 1. The number of anilines is 1. The average Bonchev–Trinajstić information content (AvgIpc) is 3.04. The second-order valence-corrected chi connectivity index (χ2v) is 6.32. The lowest BCUT2D eigenvalue weighted by molar-refractivity contribution is -0.119. The third-order valence-corrected chi connectivity index (χ3v) is 4.25. The molecule has 0 unspecified atom stereocenters. The molecule has 26 heavy (non-hydrogen) atoms. The number of esters is 1. The molecule has 0 radical (unpaired) electrons. The van der Waals surface area contributed by atoms with Crippen molar-refractivity contribution in [3.63, 3.8) is 0 Å². The van der Waals surface area contributed by atoms with Gasteiger partial charge < -0.3 is 14.5 Å². The Kier molecular flexibility index (Phi) is 5.28. The molecule has 3 rings (SSSR count). The smallest absolute Gasteiger partial charge is 0.374 e. The molecule has 134 valence electrons. The Bertz CT molecular complexity index is 977. The van der Waals surface area contributed by atoms with E-state index in [2.05, 4.69) is 5.32 Å². The van der Waals surface area contributed by atoms with Gasteiger partial charge in [-0.05, 0) is 48.7 Å². The summed E-state index contributed by atoms with van der Waals surface area (Å²) in [5, 5.41) is 4.05. The summed E-state index contributed by atoms with van der Waals surface area (Å²) in [6.45, 7) is 3.53. The van der Waals surface area contributed by atoms with Crippen LogP contribution in [0.25, 0.3) is 11.0 Å². The summed E-state index contributed by atoms with van der Waals surface area (Å²) in [5.74, 6) is -1.07. The summed E-state index contributed by atoms with van der Waals surface area (Å²) < 4.78 is 10.5. The van der Waals surface area contributed by atoms with Crippen molar-refractivity contribution in [2.45, 2.75) is 20.3 Å². The van der Waals surface area contributed by atoms with Crippen molar-refractivity contribution in [1.29, 1.82) is 0 Å². The van der Waals surface area contributed by atoms with Crippen molar-refractivity contribution in [2.75, 3.05) is 11.9 Å². The van der Waals surface area contributed by atoms with Gasteiger partial charge >= 0.3 is 5.97 Å². The molecule has 3 aromatic rings. The Labute approximate surface area is 155 Å². The molecule has 1 N–H and O–H groups in total. The fraction of sp³-hybridized carbons (Fsp3) is 0.200. The lowest BCUT2D eigenvalue weighted by Gasteiger charge is -2.12. The number of hydrogen-bond acceptors (Lipinski definition) is 4. The van der Waals surface area contributed by atoms with E-state index in [1.165, 1.54) is 6.07 Å². The quantitative estimate of drug-likeness (QED) is 0.657. The summed E-state index contributed by atoms with van der Waals surface area (Å²) in [6, 6.07) is 12.4. The van der Waals surface area contributed by atoms with E-state index < -0.39 is 18.5 Å². The maximum Gasteiger partial charge on any atom is 0.374 e. The molecule has 0 atom stereocenters. The number of ether oxygens (including phenoxy) is 1. The number of rotatable bonds is 5. The maximum atomic E-state index is 12.1. The Hall–Kier alpha value is -2.79. The van der Waals surface area contributed by atoms with Crippen LogP contribution in [0.3, 0.4) is 0 Å². The van der Waals surface area contributed by atoms with Crippen molar-refractivity contribution >= 4 is 40.1 Å². The molecule has 2 aromatic carbocycles. The third-order valence-electron chi connectivity index (χ3n) is 4.02. The van der Waals surface area contributed by atoms with E-state index in [4.69, 9.17) is 20.8 Å². The van der Waals surface area contributed by atoms with Crippen LogP contribution >= 0.6 is 11.6 Å². The van der Waals surface area contributed by atoms with Gasteiger partial charge in [-0.2, -0.15) is 0 Å². The van der Waals surface area contributed by atoms with Crippen LogP contribution in [0.1, 0.15) is 28.6 Å². The molecule has 0 aliphatic rings. The predicted octanol–water partition coefficient (Wildman–Crippen LogP) is 4.75. The van der Waals surface area contributed by atoms with Crippen LogP contribution in [0, 0.1) is 6.92 Å². The first-order chi connectivity index (χ1) is 12.5. The van der Waals surface area contributed by atoms with E-state index in [0.717, 1.165) is 23.2 Å². The number of carbonyl (C=O) groups is 2. The van der Waals surface area contributed by atoms with E-state index in [9.17, 15) is 9.59 Å². The molecule has 1 amide bonds. The third kappa shape index (κ3) is 3.89. The normalized spacial score (nSPS) is 10.7. The van der Waals surface area contributed by atoms with Gasteiger partial charge in [0, 0.05) is 16.1 Å². The van der Waals surface area contributed by atoms with Gasteiger partial charge in [0.1, 0.15) is 5.58 Å². The van der Waals surface area contributed by atoms with Gasteiger partial charge in [-0.25, -0.2) is 4.79 Å². The number of nitrogens with one attached hydrogen (secondary N) is 1. The molecule has 0 saturated carbocycles. The molecule has 0 aliphatic carbocycles. The van der Waals surface area contributed by atoms with Gasteiger partial charge in [0.2, 0.25) is 5.76 Å². The Balaban J connectivity index is 1.64. The largest absolute Gasteiger partial charge is 0.450 e. The molecule has 1 heterocycles. The zero-order chi connectivity index (χ0) is 18.7. The van der Waals surface area contributed by atoms with Crippen LogP contribution in [0.15, 0.2) is 46.9 Å². The standard InChI is InChI=1S/C20H18ClNO4/c1-3-13-6-4-5-12(2)19(13)22-18(23)11-25-20(24)17-10-14-9-15(21)7-8-16(14)26-17/h4-10H,3,11H2,1-2H3,(H,22,23). The van der Waals surface area contributed by atoms with Crippen molar-refractivity contribution in [1.82, 2.24) is 0 Å². The minimum absolute atomic E-state index is 0.0280. The van der Waals surface area contributed by atoms with Gasteiger partial charge in [-0.1, -0.05) is 36.7 Å². The molecule has 6 heteroatoms. The van der Waals surface area contributed by atoms with Crippen LogP contribution in [-0.4, -0.2) is 18.5 Å². The van der Waals surface area contributed by atoms with E-state index in [1.807, 2.05) is 32.0 Å². The minimum Gasteiger partial charge on any atom is -0.450 e. The summed E-state index contributed by atoms with van der Waals surface area (Å²) in [5.41, 5.74) is 3.27. The highest BCUT2D eigenvalue weighted by molar-refractivity contribution is 6.31. The number of benzene rings is 2. The molecule has 0 aliphatic heterocycles. The summed E-state index contributed by atoms with van der Waals surface area (Å²) in [6.07, 6.45) is 0.790. The first-order valence-corrected chi connectivity index (χ1v) is 8.60. The van der Waals surface area contributed by atoms with Crippen molar-refractivity contribution in [3.8, 4) is 0 Å². The monoisotopic (exact) mass is 371 g/mol. The van der Waals surface area contributed by atoms with Crippen LogP contribution in [0.2, 0.25) is 5.02 Å². The first-order valence-electron chi connectivity index (χ1n) is 8.22. The number of hydrogen-bond donors (Lipinski definition) is 1. The number of furan rings is 1. The van der Waals surface area contributed by atoms with Gasteiger partial charge in [0.25, 0.3) is 5.91 Å². The Morgan fingerprint density at radius 2 is 2.00 bits per heavy atom. The van der Waals surface area contributed by atoms with Crippen molar-refractivity contribution < 1.29 is 18.7 Å². The van der Waals surface area contributed by atoms with Crippen LogP contribution < -0.4 is 5.32 Å². The molecule has 1 aromatic heterocycles. The van der Waals surface area contributed by atoms with Crippen LogP contribution in [-0.2, 0) is 16.0 Å². The molecule has 0 fully saturated rings. The van der Waals surface area contributed by atoms with E-state index >= 15 is 0 Å². The number of aryl methyl sites for hydroxylation is 2. The lowest BCUT2D eigenvalue weighted by Crippen LogP contribution is -2.22. The highest BCUT2D eigenvalue weighted by Crippen LogP contribution is 2.24. The average molecular weight is 372 g/mol. The summed E-state index contributed by atoms with van der Waals surface area (Å²) >= 11 is 5.91. The van der Waals surface area contributed by atoms with E-state index in [0.29, 0.717) is 16.0 Å². The molecular formula is C20H18ClNO4. The SMILES string of the molecule is CCc1cccc(C)c1NC(=O)COC(=O)c1cc2cc(Cl)ccc2o1. The Morgan fingerprint density at radius 1 is 1.19 bits per heavy atom. The van der Waals surface area contributed by atoms with Gasteiger partial charge in [-0.15, -0.1) is 0 Å². The molecule has 0 saturated heterocycles. The van der Waals surface area contributed by atoms with Crippen molar-refractivity contribution in [2.24, 2.45) is 0 Å². The predicted molar refractivity (Wildman–Crippen MR) is 101 cm³/mol. The highest BCUT2D eigenvalue weighted by atomic mass is 35.5. The molecule has 0 spiro atoms. The fourth-order valence-electron chi connectivity index (χ4n) is 2.69. The summed E-state index contributed by atoms with van der Waals surface area (Å²) in [4.78, 5) is 24.3. The minimum atomic E-state index is -0.701. The lowest BCUT2D eigenvalue weighted by atomic mass is 10.1. The fourth-order valence-corrected chi connectivity index (χ4v) is 2.88. The molecule has 0 bridgehead atoms. The van der Waals surface area contributed by atoms with Crippen LogP contribution in [0.4, 0.5) is 5.69 Å². The van der Waals surface area contributed by atoms with Gasteiger partial charge in [0.05, 0.1) is 0 Å². The van der Waals surface area contributed by atoms with Crippen LogP contribution in [0.5, 0.6) is 0 Å². The van der Waals surface area contributed by atoms with Gasteiger partial charge in [-0.3, -0.25) is 4.79 Å². The maximum absolute atomic E-state index is 12.1. The molecule has 5 nitrogen and oxygen atoms in total.